The van der Waals surface area contributed by atoms with E-state index in [0.29, 0.717) is 24.1 Å². The van der Waals surface area contributed by atoms with E-state index in [0.717, 1.165) is 0 Å². The number of Topliss-reactive ketones (excluding diaryl/α,β-unsaturated/α-hetero) is 1. The molecule has 1 aromatic carbocycles. The highest BCUT2D eigenvalue weighted by Gasteiger charge is 2.75. The highest BCUT2D eigenvalue weighted by atomic mass is 16.6. The van der Waals surface area contributed by atoms with Crippen molar-refractivity contribution < 1.29 is 28.7 Å². The molecule has 1 saturated carbocycles. The summed E-state index contributed by atoms with van der Waals surface area (Å²) in [6.07, 6.45) is 0.247. The molecule has 4 rings (SSSR count). The van der Waals surface area contributed by atoms with E-state index < -0.39 is 53.0 Å². The number of amides is 1. The molecule has 1 saturated heterocycles. The molecule has 1 aliphatic carbocycles. The lowest BCUT2D eigenvalue weighted by Gasteiger charge is -2.35. The van der Waals surface area contributed by atoms with Gasteiger partial charge in [0, 0.05) is 23.6 Å². The Morgan fingerprint density at radius 1 is 1.03 bits per heavy atom. The molecular weight excluding hydrogens is 400 g/mol. The number of anilines is 1. The first kappa shape index (κ1) is 21.5. The van der Waals surface area contributed by atoms with E-state index in [-0.39, 0.29) is 12.2 Å². The molecule has 0 bridgehead atoms. The summed E-state index contributed by atoms with van der Waals surface area (Å²) in [7, 11) is 0. The smallest absolute Gasteiger partial charge is 0.338 e. The van der Waals surface area contributed by atoms with E-state index in [1.807, 2.05) is 0 Å². The first-order valence-electron chi connectivity index (χ1n) is 10.8. The summed E-state index contributed by atoms with van der Waals surface area (Å²) >= 11 is 0. The molecule has 2 heterocycles. The van der Waals surface area contributed by atoms with Crippen LogP contribution in [0.1, 0.15) is 52.5 Å². The Labute approximate surface area is 181 Å². The van der Waals surface area contributed by atoms with Crippen molar-refractivity contribution in [3.63, 3.8) is 0 Å². The number of benzene rings is 1. The average molecular weight is 428 g/mol. The van der Waals surface area contributed by atoms with Crippen molar-refractivity contribution in [1.29, 1.82) is 0 Å². The zero-order valence-electron chi connectivity index (χ0n) is 18.2. The van der Waals surface area contributed by atoms with Crippen molar-refractivity contribution in [2.24, 2.45) is 11.8 Å². The molecule has 1 spiro atoms. The third kappa shape index (κ3) is 2.99. The Balaban J connectivity index is 1.95. The first-order chi connectivity index (χ1) is 14.6. The van der Waals surface area contributed by atoms with Crippen LogP contribution in [0.2, 0.25) is 0 Å². The zero-order valence-corrected chi connectivity index (χ0v) is 18.2. The molecule has 2 aliphatic heterocycles. The predicted octanol–water partition coefficient (Wildman–Crippen LogP) is 2.06. The van der Waals surface area contributed by atoms with Gasteiger partial charge >= 0.3 is 11.9 Å². The third-order valence-electron chi connectivity index (χ3n) is 6.39. The summed E-state index contributed by atoms with van der Waals surface area (Å²) in [5, 5.41) is 5.91. The number of hydrogen-bond acceptors (Lipinski definition) is 7. The summed E-state index contributed by atoms with van der Waals surface area (Å²) in [5.74, 6) is -3.87. The number of nitrogens with one attached hydrogen (secondary N) is 2. The maximum atomic E-state index is 13.5. The Bertz CT molecular complexity index is 933. The lowest BCUT2D eigenvalue weighted by molar-refractivity contribution is -0.173. The first-order valence-corrected chi connectivity index (χ1v) is 10.8. The van der Waals surface area contributed by atoms with Gasteiger partial charge in [0.25, 0.3) is 0 Å². The van der Waals surface area contributed by atoms with Gasteiger partial charge in [-0.05, 0) is 46.6 Å². The Hall–Kier alpha value is -2.74. The second-order valence-corrected chi connectivity index (χ2v) is 9.09. The Kier molecular flexibility index (Phi) is 5.16. The Morgan fingerprint density at radius 3 is 2.26 bits per heavy atom. The molecule has 0 radical (unpaired) electrons. The minimum atomic E-state index is -1.95. The molecule has 8 nitrogen and oxygen atoms in total. The largest absolute Gasteiger partial charge is 0.461 e. The van der Waals surface area contributed by atoms with Crippen LogP contribution in [0.15, 0.2) is 24.3 Å². The van der Waals surface area contributed by atoms with E-state index in [1.165, 1.54) is 0 Å². The number of esters is 2. The van der Waals surface area contributed by atoms with Crippen LogP contribution in [-0.2, 0) is 34.2 Å². The maximum absolute atomic E-state index is 13.5. The molecule has 2 fully saturated rings. The van der Waals surface area contributed by atoms with Crippen LogP contribution >= 0.6 is 0 Å². The van der Waals surface area contributed by atoms with Gasteiger partial charge in [0.05, 0.1) is 18.1 Å². The van der Waals surface area contributed by atoms with E-state index in [9.17, 15) is 19.2 Å². The minimum Gasteiger partial charge on any atom is -0.461 e. The van der Waals surface area contributed by atoms with Gasteiger partial charge in [-0.1, -0.05) is 18.2 Å². The van der Waals surface area contributed by atoms with Gasteiger partial charge in [-0.25, -0.2) is 9.59 Å². The molecule has 8 heteroatoms. The summed E-state index contributed by atoms with van der Waals surface area (Å²) < 4.78 is 11.0. The lowest BCUT2D eigenvalue weighted by Crippen LogP contribution is -2.64. The maximum Gasteiger partial charge on any atom is 0.338 e. The van der Waals surface area contributed by atoms with Crippen LogP contribution < -0.4 is 10.6 Å². The van der Waals surface area contributed by atoms with Crippen molar-refractivity contribution >= 4 is 29.3 Å². The number of ether oxygens (including phenoxy) is 2. The van der Waals surface area contributed by atoms with Crippen LogP contribution in [0, 0.1) is 11.8 Å². The normalized spacial score (nSPS) is 28.5. The van der Waals surface area contributed by atoms with Crippen LogP contribution in [0.5, 0.6) is 0 Å². The average Bonchev–Trinajstić information content (AvgIpc) is 3.16. The molecule has 0 aromatic heterocycles. The van der Waals surface area contributed by atoms with Crippen LogP contribution in [0.25, 0.3) is 0 Å². The van der Waals surface area contributed by atoms with E-state index in [2.05, 4.69) is 10.6 Å². The van der Waals surface area contributed by atoms with Crippen molar-refractivity contribution in [3.8, 4) is 0 Å². The molecule has 0 unspecified atom stereocenters. The highest BCUT2D eigenvalue weighted by Crippen LogP contribution is 2.56. The summed E-state index contributed by atoms with van der Waals surface area (Å²) in [6, 6.07) is 7.03. The molecule has 3 atom stereocenters. The van der Waals surface area contributed by atoms with Gasteiger partial charge in [-0.15, -0.1) is 0 Å². The monoisotopic (exact) mass is 428 g/mol. The van der Waals surface area contributed by atoms with Crippen LogP contribution in [0.4, 0.5) is 5.69 Å². The van der Waals surface area contributed by atoms with Crippen LogP contribution in [0.3, 0.4) is 0 Å². The quantitative estimate of drug-likeness (QED) is 0.558. The van der Waals surface area contributed by atoms with Gasteiger partial charge in [-0.3, -0.25) is 14.9 Å². The zero-order chi connectivity index (χ0) is 22.6. The second kappa shape index (κ2) is 7.44. The number of para-hydroxylation sites is 1. The topological polar surface area (TPSA) is 111 Å². The van der Waals surface area contributed by atoms with E-state index >= 15 is 0 Å². The lowest BCUT2D eigenvalue weighted by atomic mass is 9.65. The number of fused-ring (bicyclic) bond motifs is 4. The summed E-state index contributed by atoms with van der Waals surface area (Å²) in [4.78, 5) is 53.6. The highest BCUT2D eigenvalue weighted by molar-refractivity contribution is 6.14. The Morgan fingerprint density at radius 2 is 1.65 bits per heavy atom. The molecule has 1 amide bonds. The van der Waals surface area contributed by atoms with Crippen molar-refractivity contribution in [2.45, 2.75) is 70.2 Å². The van der Waals surface area contributed by atoms with E-state index in [1.54, 1.807) is 52.0 Å². The fourth-order valence-corrected chi connectivity index (χ4v) is 5.35. The number of ketones is 1. The minimum absolute atomic E-state index is 0.146. The molecule has 166 valence electrons. The number of carbonyl (C=O) groups is 4. The molecule has 3 aliphatic rings. The van der Waals surface area contributed by atoms with E-state index in [4.69, 9.17) is 9.47 Å². The SMILES string of the molecule is CC(C)OC(=O)C1(C(=O)OC(C)C)N[C@]2(C(=O)Nc3ccccc32)[C@H]2C(=O)CCC[C@H]21. The predicted molar refractivity (Wildman–Crippen MR) is 111 cm³/mol. The fraction of sp³-hybridized carbons (Fsp3) is 0.565. The summed E-state index contributed by atoms with van der Waals surface area (Å²) in [5.41, 5.74) is -2.38. The number of hydrogen-bond donors (Lipinski definition) is 2. The van der Waals surface area contributed by atoms with Gasteiger partial charge < -0.3 is 14.8 Å². The van der Waals surface area contributed by atoms with Crippen LogP contribution in [-0.4, -0.2) is 41.4 Å². The molecule has 31 heavy (non-hydrogen) atoms. The second-order valence-electron chi connectivity index (χ2n) is 9.09. The van der Waals surface area contributed by atoms with Crippen molar-refractivity contribution in [2.75, 3.05) is 5.32 Å². The van der Waals surface area contributed by atoms with Crippen molar-refractivity contribution in [1.82, 2.24) is 5.32 Å². The standard InChI is InChI=1S/C23H28N2O6/c1-12(2)30-20(28)23(21(29)31-13(3)4)15-9-7-11-17(26)18(15)22(25-23)14-8-5-6-10-16(14)24-19(22)27/h5-6,8,10,12-13,15,18,25H,7,9,11H2,1-4H3,(H,24,27)/t15-,18-,22+/m1/s1. The van der Waals surface area contributed by atoms with Gasteiger partial charge in [0.15, 0.2) is 0 Å². The number of rotatable bonds is 4. The molecular formula is C23H28N2O6. The number of carbonyl (C=O) groups excluding carboxylic acids is 4. The van der Waals surface area contributed by atoms with Gasteiger partial charge in [-0.2, -0.15) is 0 Å². The fourth-order valence-electron chi connectivity index (χ4n) is 5.35. The van der Waals surface area contributed by atoms with Gasteiger partial charge in [0.2, 0.25) is 11.4 Å². The van der Waals surface area contributed by atoms with Crippen molar-refractivity contribution in [3.05, 3.63) is 29.8 Å². The molecule has 2 N–H and O–H groups in total. The third-order valence-corrected chi connectivity index (χ3v) is 6.39. The molecule has 1 aromatic rings. The van der Waals surface area contributed by atoms with Gasteiger partial charge in [0.1, 0.15) is 11.3 Å². The summed E-state index contributed by atoms with van der Waals surface area (Å²) in [6.45, 7) is 6.74.